The molecule has 5 heteroatoms. The van der Waals surface area contributed by atoms with Gasteiger partial charge in [-0.05, 0) is 39.3 Å². The van der Waals surface area contributed by atoms with Crippen molar-refractivity contribution in [3.05, 3.63) is 30.0 Å². The average Bonchev–Trinajstić information content (AvgIpc) is 2.70. The largest absolute Gasteiger partial charge is 0.268 e. The summed E-state index contributed by atoms with van der Waals surface area (Å²) in [6.07, 6.45) is 1.86. The number of nitrogens with zero attached hydrogens (tertiary/aromatic N) is 2. The molecule has 0 fully saturated rings. The van der Waals surface area contributed by atoms with E-state index in [-0.39, 0.29) is 10.8 Å². The predicted octanol–water partition coefficient (Wildman–Crippen LogP) is 2.69. The minimum Gasteiger partial charge on any atom is -0.268 e. The molecule has 1 N–H and O–H groups in total. The van der Waals surface area contributed by atoms with Crippen LogP contribution in [0.3, 0.4) is 0 Å². The van der Waals surface area contributed by atoms with Gasteiger partial charge in [-0.3, -0.25) is 4.68 Å². The van der Waals surface area contributed by atoms with Crippen molar-refractivity contribution >= 4 is 21.9 Å². The van der Waals surface area contributed by atoms with Crippen LogP contribution < -0.4 is 4.72 Å². The molecule has 0 amide bonds. The Bertz CT molecular complexity index is 613. The maximum Gasteiger partial charge on any atom is 0.0975 e. The van der Waals surface area contributed by atoms with Crippen LogP contribution in [0.2, 0.25) is 0 Å². The SMILES string of the molecule is C[C@H](NS(=O)C(C)(C)C)c1cccc2c1cnn2C. The standard InChI is InChI=1S/C14H21N3OS/c1-10(16-19(18)14(2,3)4)11-7-6-8-13-12(11)9-15-17(13)5/h6-10,16H,1-5H3/t10-,19?/m0/s1. The third-order valence-corrected chi connectivity index (χ3v) is 4.81. The van der Waals surface area contributed by atoms with Gasteiger partial charge in [-0.1, -0.05) is 12.1 Å². The van der Waals surface area contributed by atoms with Crippen molar-refractivity contribution in [3.63, 3.8) is 0 Å². The first-order chi connectivity index (χ1) is 8.80. The van der Waals surface area contributed by atoms with Crippen LogP contribution in [0.1, 0.15) is 39.3 Å². The van der Waals surface area contributed by atoms with Crippen LogP contribution in [-0.4, -0.2) is 18.7 Å². The summed E-state index contributed by atoms with van der Waals surface area (Å²) in [7, 11) is 0.847. The zero-order valence-electron chi connectivity index (χ0n) is 12.1. The van der Waals surface area contributed by atoms with Crippen LogP contribution in [0.5, 0.6) is 0 Å². The van der Waals surface area contributed by atoms with Gasteiger partial charge in [0, 0.05) is 18.5 Å². The quantitative estimate of drug-likeness (QED) is 0.939. The average molecular weight is 279 g/mol. The van der Waals surface area contributed by atoms with Gasteiger partial charge in [0.1, 0.15) is 0 Å². The molecule has 1 heterocycles. The van der Waals surface area contributed by atoms with E-state index in [1.54, 1.807) is 0 Å². The van der Waals surface area contributed by atoms with E-state index in [1.807, 2.05) is 57.8 Å². The third-order valence-electron chi connectivity index (χ3n) is 3.13. The van der Waals surface area contributed by atoms with Crippen LogP contribution in [0.15, 0.2) is 24.4 Å². The van der Waals surface area contributed by atoms with E-state index >= 15 is 0 Å². The molecular weight excluding hydrogens is 258 g/mol. The Morgan fingerprint density at radius 2 is 2.05 bits per heavy atom. The van der Waals surface area contributed by atoms with Crippen molar-refractivity contribution in [1.29, 1.82) is 0 Å². The highest BCUT2D eigenvalue weighted by molar-refractivity contribution is 7.84. The maximum absolute atomic E-state index is 12.2. The lowest BCUT2D eigenvalue weighted by Crippen LogP contribution is -2.34. The zero-order valence-corrected chi connectivity index (χ0v) is 12.9. The van der Waals surface area contributed by atoms with Crippen molar-refractivity contribution in [1.82, 2.24) is 14.5 Å². The highest BCUT2D eigenvalue weighted by Gasteiger charge is 2.22. The van der Waals surface area contributed by atoms with E-state index < -0.39 is 11.0 Å². The highest BCUT2D eigenvalue weighted by Crippen LogP contribution is 2.24. The lowest BCUT2D eigenvalue weighted by Gasteiger charge is -2.22. The fourth-order valence-corrected chi connectivity index (χ4v) is 2.78. The molecule has 0 bridgehead atoms. The lowest BCUT2D eigenvalue weighted by molar-refractivity contribution is 0.617. The van der Waals surface area contributed by atoms with Gasteiger partial charge in [0.2, 0.25) is 0 Å². The fraction of sp³-hybridized carbons (Fsp3) is 0.500. The van der Waals surface area contributed by atoms with Crippen LogP contribution in [0.4, 0.5) is 0 Å². The molecule has 0 aliphatic carbocycles. The molecule has 0 saturated carbocycles. The van der Waals surface area contributed by atoms with E-state index in [1.165, 1.54) is 0 Å². The summed E-state index contributed by atoms with van der Waals surface area (Å²) >= 11 is 0. The summed E-state index contributed by atoms with van der Waals surface area (Å²) in [4.78, 5) is 0. The normalized spacial score (nSPS) is 15.6. The van der Waals surface area contributed by atoms with Gasteiger partial charge in [-0.2, -0.15) is 5.10 Å². The van der Waals surface area contributed by atoms with Crippen molar-refractivity contribution in [3.8, 4) is 0 Å². The Labute approximate surface area is 116 Å². The second-order valence-corrected chi connectivity index (χ2v) is 7.77. The lowest BCUT2D eigenvalue weighted by atomic mass is 10.1. The summed E-state index contributed by atoms with van der Waals surface area (Å²) in [5, 5.41) is 5.39. The van der Waals surface area contributed by atoms with E-state index in [4.69, 9.17) is 0 Å². The Morgan fingerprint density at radius 3 is 2.68 bits per heavy atom. The predicted molar refractivity (Wildman–Crippen MR) is 80.2 cm³/mol. The monoisotopic (exact) mass is 279 g/mol. The minimum absolute atomic E-state index is 0.0213. The molecule has 0 spiro atoms. The van der Waals surface area contributed by atoms with Gasteiger partial charge in [0.25, 0.3) is 0 Å². The summed E-state index contributed by atoms with van der Waals surface area (Å²) in [5.74, 6) is 0. The molecule has 0 aliphatic heterocycles. The molecule has 4 nitrogen and oxygen atoms in total. The fourth-order valence-electron chi connectivity index (χ4n) is 1.98. The van der Waals surface area contributed by atoms with Gasteiger partial charge >= 0.3 is 0 Å². The molecule has 104 valence electrons. The smallest absolute Gasteiger partial charge is 0.0975 e. The van der Waals surface area contributed by atoms with Crippen molar-refractivity contribution < 1.29 is 4.21 Å². The van der Waals surface area contributed by atoms with Crippen molar-refractivity contribution in [2.45, 2.75) is 38.5 Å². The number of aromatic nitrogens is 2. The second kappa shape index (κ2) is 5.06. The molecule has 1 aromatic carbocycles. The van der Waals surface area contributed by atoms with Crippen LogP contribution >= 0.6 is 0 Å². The van der Waals surface area contributed by atoms with Gasteiger partial charge in [0.05, 0.1) is 27.4 Å². The third kappa shape index (κ3) is 2.87. The van der Waals surface area contributed by atoms with Gasteiger partial charge in [-0.25, -0.2) is 8.93 Å². The van der Waals surface area contributed by atoms with Crippen LogP contribution in [0, 0.1) is 0 Å². The van der Waals surface area contributed by atoms with Gasteiger partial charge < -0.3 is 0 Å². The number of nitrogens with one attached hydrogen (secondary N) is 1. The Kier molecular flexibility index (Phi) is 3.78. The summed E-state index contributed by atoms with van der Waals surface area (Å²) in [5.41, 5.74) is 2.22. The zero-order chi connectivity index (χ0) is 14.2. The molecule has 19 heavy (non-hydrogen) atoms. The van der Waals surface area contributed by atoms with E-state index in [2.05, 4.69) is 15.9 Å². The Morgan fingerprint density at radius 1 is 1.37 bits per heavy atom. The molecule has 0 aliphatic rings. The van der Waals surface area contributed by atoms with Gasteiger partial charge in [0.15, 0.2) is 0 Å². The highest BCUT2D eigenvalue weighted by atomic mass is 32.2. The number of aryl methyl sites for hydroxylation is 1. The molecular formula is C14H21N3OS. The molecule has 1 aromatic heterocycles. The molecule has 2 atom stereocenters. The summed E-state index contributed by atoms with van der Waals surface area (Å²) in [6, 6.07) is 6.13. The molecule has 1 unspecified atom stereocenters. The number of hydrogen-bond acceptors (Lipinski definition) is 2. The first-order valence-corrected chi connectivity index (χ1v) is 7.54. The number of benzene rings is 1. The minimum atomic E-state index is -1.08. The summed E-state index contributed by atoms with van der Waals surface area (Å²) < 4.78 is 16.9. The number of fused-ring (bicyclic) bond motifs is 1. The van der Waals surface area contributed by atoms with Gasteiger partial charge in [-0.15, -0.1) is 0 Å². The molecule has 0 radical (unpaired) electrons. The van der Waals surface area contributed by atoms with E-state index in [0.29, 0.717) is 0 Å². The van der Waals surface area contributed by atoms with Crippen LogP contribution in [-0.2, 0) is 18.0 Å². The van der Waals surface area contributed by atoms with E-state index in [9.17, 15) is 4.21 Å². The summed E-state index contributed by atoms with van der Waals surface area (Å²) in [6.45, 7) is 7.93. The van der Waals surface area contributed by atoms with Crippen LogP contribution in [0.25, 0.3) is 10.9 Å². The van der Waals surface area contributed by atoms with Crippen molar-refractivity contribution in [2.24, 2.45) is 7.05 Å². The maximum atomic E-state index is 12.2. The topological polar surface area (TPSA) is 46.9 Å². The number of rotatable bonds is 3. The van der Waals surface area contributed by atoms with Crippen molar-refractivity contribution in [2.75, 3.05) is 0 Å². The Hall–Kier alpha value is -1.20. The van der Waals surface area contributed by atoms with E-state index in [0.717, 1.165) is 16.5 Å². The number of hydrogen-bond donors (Lipinski definition) is 1. The molecule has 2 aromatic rings. The second-order valence-electron chi connectivity index (χ2n) is 5.77. The first-order valence-electron chi connectivity index (χ1n) is 6.39. The first kappa shape index (κ1) is 14.2. The molecule has 0 saturated heterocycles. The molecule has 2 rings (SSSR count). The Balaban J connectivity index is 2.32.